The van der Waals surface area contributed by atoms with Gasteiger partial charge in [0.1, 0.15) is 0 Å². The Bertz CT molecular complexity index is 312. The third-order valence-corrected chi connectivity index (χ3v) is 3.61. The van der Waals surface area contributed by atoms with Crippen LogP contribution in [0.1, 0.15) is 38.2 Å². The van der Waals surface area contributed by atoms with E-state index in [-0.39, 0.29) is 0 Å². The number of ether oxygens (including phenoxy) is 1. The van der Waals surface area contributed by atoms with Gasteiger partial charge in [0.15, 0.2) is 0 Å². The van der Waals surface area contributed by atoms with E-state index < -0.39 is 0 Å². The average molecular weight is 239 g/mol. The van der Waals surface area contributed by atoms with E-state index >= 15 is 0 Å². The van der Waals surface area contributed by atoms with Crippen molar-refractivity contribution in [3.05, 3.63) is 34.9 Å². The normalized spacial score (nSPS) is 25.6. The van der Waals surface area contributed by atoms with Crippen LogP contribution in [0.2, 0.25) is 5.02 Å². The molecular formula is C14H19ClO. The minimum atomic E-state index is 0.465. The largest absolute Gasteiger partial charge is 0.374 e. The lowest BCUT2D eigenvalue weighted by Crippen LogP contribution is -2.20. The van der Waals surface area contributed by atoms with Gasteiger partial charge in [-0.3, -0.25) is 0 Å². The molecule has 0 amide bonds. The van der Waals surface area contributed by atoms with Crippen molar-refractivity contribution in [1.82, 2.24) is 0 Å². The van der Waals surface area contributed by atoms with Crippen LogP contribution in [-0.4, -0.2) is 6.10 Å². The predicted molar refractivity (Wildman–Crippen MR) is 67.7 cm³/mol. The SMILES string of the molecule is CC1CCC(OCc2ccc(Cl)cc2)CC1. The fraction of sp³-hybridized carbons (Fsp3) is 0.571. The lowest BCUT2D eigenvalue weighted by Gasteiger charge is -2.26. The summed E-state index contributed by atoms with van der Waals surface area (Å²) < 4.78 is 5.91. The second kappa shape index (κ2) is 5.70. The zero-order chi connectivity index (χ0) is 11.4. The summed E-state index contributed by atoms with van der Waals surface area (Å²) >= 11 is 5.84. The van der Waals surface area contributed by atoms with E-state index in [0.717, 1.165) is 17.5 Å². The highest BCUT2D eigenvalue weighted by Crippen LogP contribution is 2.26. The van der Waals surface area contributed by atoms with Gasteiger partial charge in [0.25, 0.3) is 0 Å². The summed E-state index contributed by atoms with van der Waals surface area (Å²) in [6.07, 6.45) is 5.52. The van der Waals surface area contributed by atoms with E-state index in [4.69, 9.17) is 16.3 Å². The smallest absolute Gasteiger partial charge is 0.0720 e. The fourth-order valence-corrected chi connectivity index (χ4v) is 2.32. The van der Waals surface area contributed by atoms with Crippen LogP contribution >= 0.6 is 11.6 Å². The quantitative estimate of drug-likeness (QED) is 0.757. The van der Waals surface area contributed by atoms with Crippen molar-refractivity contribution in [3.63, 3.8) is 0 Å². The van der Waals surface area contributed by atoms with Crippen molar-refractivity contribution in [1.29, 1.82) is 0 Å². The van der Waals surface area contributed by atoms with Crippen molar-refractivity contribution in [2.24, 2.45) is 5.92 Å². The number of hydrogen-bond acceptors (Lipinski definition) is 1. The van der Waals surface area contributed by atoms with Crippen molar-refractivity contribution >= 4 is 11.6 Å². The Hall–Kier alpha value is -0.530. The minimum Gasteiger partial charge on any atom is -0.374 e. The van der Waals surface area contributed by atoms with E-state index in [1.54, 1.807) is 0 Å². The molecule has 0 heterocycles. The van der Waals surface area contributed by atoms with Crippen LogP contribution in [0.4, 0.5) is 0 Å². The molecule has 1 aliphatic rings. The first kappa shape index (κ1) is 11.9. The van der Waals surface area contributed by atoms with E-state index in [1.165, 1.54) is 31.2 Å². The standard InChI is InChI=1S/C14H19ClO/c1-11-2-8-14(9-3-11)16-10-12-4-6-13(15)7-5-12/h4-7,11,14H,2-3,8-10H2,1H3. The highest BCUT2D eigenvalue weighted by Gasteiger charge is 2.18. The average Bonchev–Trinajstić information content (AvgIpc) is 2.30. The van der Waals surface area contributed by atoms with Gasteiger partial charge in [0.05, 0.1) is 12.7 Å². The van der Waals surface area contributed by atoms with Crippen LogP contribution in [0.15, 0.2) is 24.3 Å². The summed E-state index contributed by atoms with van der Waals surface area (Å²) in [6, 6.07) is 7.91. The summed E-state index contributed by atoms with van der Waals surface area (Å²) in [5, 5.41) is 0.787. The van der Waals surface area contributed by atoms with E-state index in [1.807, 2.05) is 24.3 Å². The first-order valence-electron chi connectivity index (χ1n) is 6.10. The Morgan fingerprint density at radius 2 is 1.75 bits per heavy atom. The van der Waals surface area contributed by atoms with Gasteiger partial charge < -0.3 is 4.74 Å². The van der Waals surface area contributed by atoms with Gasteiger partial charge in [-0.2, -0.15) is 0 Å². The van der Waals surface area contributed by atoms with Crippen LogP contribution in [0.3, 0.4) is 0 Å². The molecule has 0 radical (unpaired) electrons. The molecule has 0 bridgehead atoms. The highest BCUT2D eigenvalue weighted by atomic mass is 35.5. The second-order valence-electron chi connectivity index (χ2n) is 4.82. The molecule has 0 saturated heterocycles. The Kier molecular flexibility index (Phi) is 4.25. The van der Waals surface area contributed by atoms with Gasteiger partial charge in [-0.05, 0) is 49.3 Å². The molecule has 1 nitrogen and oxygen atoms in total. The molecule has 16 heavy (non-hydrogen) atoms. The zero-order valence-corrected chi connectivity index (χ0v) is 10.5. The van der Waals surface area contributed by atoms with Crippen LogP contribution < -0.4 is 0 Å². The number of benzene rings is 1. The fourth-order valence-electron chi connectivity index (χ4n) is 2.19. The molecular weight excluding hydrogens is 220 g/mol. The van der Waals surface area contributed by atoms with Gasteiger partial charge in [-0.1, -0.05) is 30.7 Å². The third kappa shape index (κ3) is 3.50. The van der Waals surface area contributed by atoms with Gasteiger partial charge in [0.2, 0.25) is 0 Å². The Labute approximate surface area is 103 Å². The molecule has 88 valence electrons. The molecule has 1 saturated carbocycles. The minimum absolute atomic E-state index is 0.465. The van der Waals surface area contributed by atoms with Gasteiger partial charge in [-0.15, -0.1) is 0 Å². The van der Waals surface area contributed by atoms with Gasteiger partial charge in [0, 0.05) is 5.02 Å². The predicted octanol–water partition coefficient (Wildman–Crippen LogP) is 4.44. The monoisotopic (exact) mass is 238 g/mol. The maximum absolute atomic E-state index is 5.91. The number of halogens is 1. The van der Waals surface area contributed by atoms with Crippen molar-refractivity contribution in [3.8, 4) is 0 Å². The molecule has 1 aliphatic carbocycles. The van der Waals surface area contributed by atoms with Crippen molar-refractivity contribution in [2.75, 3.05) is 0 Å². The molecule has 0 unspecified atom stereocenters. The first-order chi connectivity index (χ1) is 7.74. The first-order valence-corrected chi connectivity index (χ1v) is 6.48. The maximum Gasteiger partial charge on any atom is 0.0720 e. The molecule has 2 rings (SSSR count). The summed E-state index contributed by atoms with van der Waals surface area (Å²) in [4.78, 5) is 0. The molecule has 2 heteroatoms. The number of hydrogen-bond donors (Lipinski definition) is 0. The van der Waals surface area contributed by atoms with Crippen LogP contribution in [0, 0.1) is 5.92 Å². The highest BCUT2D eigenvalue weighted by molar-refractivity contribution is 6.30. The molecule has 0 atom stereocenters. The number of rotatable bonds is 3. The Balaban J connectivity index is 1.77. The lowest BCUT2D eigenvalue weighted by molar-refractivity contribution is 0.00877. The zero-order valence-electron chi connectivity index (χ0n) is 9.79. The molecule has 1 aromatic carbocycles. The Morgan fingerprint density at radius 3 is 2.38 bits per heavy atom. The third-order valence-electron chi connectivity index (χ3n) is 3.36. The summed E-state index contributed by atoms with van der Waals surface area (Å²) in [5.74, 6) is 0.885. The van der Waals surface area contributed by atoms with E-state index in [0.29, 0.717) is 6.10 Å². The van der Waals surface area contributed by atoms with Crippen LogP contribution in [-0.2, 0) is 11.3 Å². The van der Waals surface area contributed by atoms with Crippen molar-refractivity contribution in [2.45, 2.75) is 45.3 Å². The summed E-state index contributed by atoms with van der Waals surface area (Å²) in [7, 11) is 0. The molecule has 0 aromatic heterocycles. The summed E-state index contributed by atoms with van der Waals surface area (Å²) in [5.41, 5.74) is 1.21. The maximum atomic E-state index is 5.91. The molecule has 0 spiro atoms. The molecule has 0 N–H and O–H groups in total. The van der Waals surface area contributed by atoms with Crippen molar-refractivity contribution < 1.29 is 4.74 Å². The topological polar surface area (TPSA) is 9.23 Å². The molecule has 1 fully saturated rings. The van der Waals surface area contributed by atoms with Gasteiger partial charge >= 0.3 is 0 Å². The second-order valence-corrected chi connectivity index (χ2v) is 5.26. The van der Waals surface area contributed by atoms with Gasteiger partial charge in [-0.25, -0.2) is 0 Å². The van der Waals surface area contributed by atoms with Crippen LogP contribution in [0.5, 0.6) is 0 Å². The summed E-state index contributed by atoms with van der Waals surface area (Å²) in [6.45, 7) is 3.05. The van der Waals surface area contributed by atoms with E-state index in [2.05, 4.69) is 6.92 Å². The molecule has 0 aliphatic heterocycles. The van der Waals surface area contributed by atoms with E-state index in [9.17, 15) is 0 Å². The molecule has 1 aromatic rings. The van der Waals surface area contributed by atoms with Crippen LogP contribution in [0.25, 0.3) is 0 Å². The lowest BCUT2D eigenvalue weighted by atomic mass is 9.89. The Morgan fingerprint density at radius 1 is 1.12 bits per heavy atom.